The molecule has 0 atom stereocenters. The Kier molecular flexibility index (Phi) is 5.39. The van der Waals surface area contributed by atoms with Gasteiger partial charge in [-0.15, -0.1) is 0 Å². The van der Waals surface area contributed by atoms with Crippen molar-refractivity contribution in [3.8, 4) is 5.75 Å². The number of aromatic hydroxyl groups is 1. The molecule has 132 valence electrons. The minimum Gasteiger partial charge on any atom is -0.507 e. The fourth-order valence-electron chi connectivity index (χ4n) is 3.03. The number of aromatic nitrogens is 1. The Morgan fingerprint density at radius 1 is 0.875 bits per heavy atom. The molecule has 0 aliphatic carbocycles. The lowest BCUT2D eigenvalue weighted by atomic mass is 9.78. The van der Waals surface area contributed by atoms with Crippen molar-refractivity contribution in [2.75, 3.05) is 0 Å². The molecule has 0 fully saturated rings. The number of benzene rings is 1. The van der Waals surface area contributed by atoms with Crippen molar-refractivity contribution in [3.05, 3.63) is 51.8 Å². The van der Waals surface area contributed by atoms with E-state index in [2.05, 4.69) is 58.7 Å². The molecule has 2 rings (SSSR count). The van der Waals surface area contributed by atoms with E-state index in [0.29, 0.717) is 10.9 Å². The Bertz CT molecular complexity index is 666. The van der Waals surface area contributed by atoms with E-state index in [1.54, 1.807) is 0 Å². The monoisotopic (exact) mass is 347 g/mol. The third kappa shape index (κ3) is 4.57. The van der Waals surface area contributed by atoms with Crippen molar-refractivity contribution in [2.24, 2.45) is 0 Å². The molecule has 2 N–H and O–H groups in total. The molecule has 2 nitrogen and oxygen atoms in total. The maximum atomic E-state index is 10.8. The predicted molar refractivity (Wildman–Crippen MR) is 103 cm³/mol. The van der Waals surface area contributed by atoms with Crippen LogP contribution in [-0.2, 0) is 23.7 Å². The first-order valence-corrected chi connectivity index (χ1v) is 9.06. The van der Waals surface area contributed by atoms with Gasteiger partial charge in [0.25, 0.3) is 0 Å². The van der Waals surface area contributed by atoms with Crippen molar-refractivity contribution in [2.45, 2.75) is 71.6 Å². The van der Waals surface area contributed by atoms with Crippen LogP contribution in [0.5, 0.6) is 5.75 Å². The van der Waals surface area contributed by atoms with Crippen LogP contribution in [-0.4, -0.2) is 10.1 Å². The molecule has 0 aliphatic heterocycles. The Labute approximate surface area is 151 Å². The van der Waals surface area contributed by atoms with Crippen molar-refractivity contribution in [1.29, 1.82) is 0 Å². The van der Waals surface area contributed by atoms with Gasteiger partial charge < -0.3 is 10.1 Å². The second-order valence-electron chi connectivity index (χ2n) is 8.75. The summed E-state index contributed by atoms with van der Waals surface area (Å²) in [6.45, 7) is 12.9. The summed E-state index contributed by atoms with van der Waals surface area (Å²) in [5, 5.41) is 11.5. The van der Waals surface area contributed by atoms with E-state index >= 15 is 0 Å². The second kappa shape index (κ2) is 6.84. The van der Waals surface area contributed by atoms with Crippen molar-refractivity contribution < 1.29 is 5.11 Å². The predicted octanol–water partition coefficient (Wildman–Crippen LogP) is 6.14. The molecule has 0 bridgehead atoms. The summed E-state index contributed by atoms with van der Waals surface area (Å²) in [6.07, 6.45) is 5.03. The van der Waals surface area contributed by atoms with E-state index < -0.39 is 0 Å². The summed E-state index contributed by atoms with van der Waals surface area (Å²) in [6, 6.07) is 6.34. The van der Waals surface area contributed by atoms with Gasteiger partial charge in [-0.2, -0.15) is 0 Å². The quantitative estimate of drug-likeness (QED) is 0.684. The molecule has 1 aromatic heterocycles. The maximum Gasteiger partial charge on any atom is 0.123 e. The average Bonchev–Trinajstić information content (AvgIpc) is 2.83. The van der Waals surface area contributed by atoms with Gasteiger partial charge in [0.05, 0.1) is 0 Å². The van der Waals surface area contributed by atoms with Gasteiger partial charge in [0.2, 0.25) is 0 Å². The first kappa shape index (κ1) is 18.9. The lowest BCUT2D eigenvalue weighted by molar-refractivity contribution is 0.422. The van der Waals surface area contributed by atoms with Gasteiger partial charge in [-0.3, -0.25) is 0 Å². The number of hydrogen-bond donors (Lipinski definition) is 2. The number of aromatic amines is 1. The third-order valence-electron chi connectivity index (χ3n) is 4.42. The molecule has 1 heterocycles. The number of nitrogens with one attached hydrogen (secondary N) is 1. The number of H-pyrrole nitrogens is 1. The van der Waals surface area contributed by atoms with Gasteiger partial charge in [0, 0.05) is 6.20 Å². The summed E-state index contributed by atoms with van der Waals surface area (Å²) in [5.74, 6) is 0.455. The molecule has 3 heteroatoms. The van der Waals surface area contributed by atoms with Crippen LogP contribution in [0.3, 0.4) is 0 Å². The standard InChI is InChI=1S/C21H30ClNO/c1-20(2,3)16-10-14(11-17(19(16)24)21(4,5)6)8-7-9-15-12-18(22)23-13-15/h10-13,23-24H,7-9H2,1-6H3. The highest BCUT2D eigenvalue weighted by atomic mass is 35.5. The molecule has 0 spiro atoms. The highest BCUT2D eigenvalue weighted by Gasteiger charge is 2.26. The molecule has 0 saturated carbocycles. The van der Waals surface area contributed by atoms with Crippen LogP contribution >= 0.6 is 11.6 Å². The highest BCUT2D eigenvalue weighted by molar-refractivity contribution is 6.29. The summed E-state index contributed by atoms with van der Waals surface area (Å²) < 4.78 is 0. The smallest absolute Gasteiger partial charge is 0.123 e. The Morgan fingerprint density at radius 3 is 1.79 bits per heavy atom. The van der Waals surface area contributed by atoms with E-state index in [4.69, 9.17) is 11.6 Å². The molecule has 0 radical (unpaired) electrons. The molecule has 1 aromatic carbocycles. The highest BCUT2D eigenvalue weighted by Crippen LogP contribution is 2.40. The second-order valence-corrected chi connectivity index (χ2v) is 9.16. The summed E-state index contributed by atoms with van der Waals surface area (Å²) >= 11 is 5.93. The maximum absolute atomic E-state index is 10.8. The van der Waals surface area contributed by atoms with E-state index in [9.17, 15) is 5.11 Å². The molecule has 2 aromatic rings. The normalized spacial score (nSPS) is 12.6. The van der Waals surface area contributed by atoms with E-state index in [1.165, 1.54) is 11.1 Å². The number of phenols is 1. The number of aryl methyl sites for hydroxylation is 2. The minimum atomic E-state index is -0.0751. The van der Waals surface area contributed by atoms with Gasteiger partial charge in [-0.05, 0) is 58.4 Å². The van der Waals surface area contributed by atoms with Crippen LogP contribution < -0.4 is 0 Å². The van der Waals surface area contributed by atoms with Gasteiger partial charge in [0.1, 0.15) is 10.9 Å². The number of rotatable bonds is 4. The van der Waals surface area contributed by atoms with Crippen LogP contribution in [0.15, 0.2) is 24.4 Å². The summed E-state index contributed by atoms with van der Waals surface area (Å²) in [5.41, 5.74) is 4.46. The Hall–Kier alpha value is -1.41. The summed E-state index contributed by atoms with van der Waals surface area (Å²) in [4.78, 5) is 3.02. The first-order valence-electron chi connectivity index (χ1n) is 8.68. The number of halogens is 1. The van der Waals surface area contributed by atoms with Crippen molar-refractivity contribution >= 4 is 11.6 Å². The van der Waals surface area contributed by atoms with Gasteiger partial charge in [0.15, 0.2) is 0 Å². The van der Waals surface area contributed by atoms with Crippen molar-refractivity contribution in [3.63, 3.8) is 0 Å². The van der Waals surface area contributed by atoms with E-state index in [0.717, 1.165) is 30.4 Å². The molecule has 0 saturated heterocycles. The lowest BCUT2D eigenvalue weighted by Gasteiger charge is -2.28. The van der Waals surface area contributed by atoms with E-state index in [1.807, 2.05) is 12.3 Å². The lowest BCUT2D eigenvalue weighted by Crippen LogP contribution is -2.18. The zero-order valence-electron chi connectivity index (χ0n) is 15.8. The van der Waals surface area contributed by atoms with Crippen LogP contribution in [0.2, 0.25) is 5.15 Å². The van der Waals surface area contributed by atoms with Crippen LogP contribution in [0.4, 0.5) is 0 Å². The SMILES string of the molecule is CC(C)(C)c1cc(CCCc2c[nH]c(Cl)c2)cc(C(C)(C)C)c1O. The van der Waals surface area contributed by atoms with Crippen LogP contribution in [0.1, 0.15) is 70.2 Å². The molecular formula is C21H30ClNO. The fraction of sp³-hybridized carbons (Fsp3) is 0.524. The minimum absolute atomic E-state index is 0.0751. The number of hydrogen-bond acceptors (Lipinski definition) is 1. The number of phenolic OH excluding ortho intramolecular Hbond substituents is 1. The van der Waals surface area contributed by atoms with Gasteiger partial charge in [-0.25, -0.2) is 0 Å². The fourth-order valence-corrected chi connectivity index (χ4v) is 3.23. The summed E-state index contributed by atoms with van der Waals surface area (Å²) in [7, 11) is 0. The van der Waals surface area contributed by atoms with Gasteiger partial charge in [-0.1, -0.05) is 65.3 Å². The van der Waals surface area contributed by atoms with Crippen molar-refractivity contribution in [1.82, 2.24) is 4.98 Å². The van der Waals surface area contributed by atoms with Crippen LogP contribution in [0.25, 0.3) is 0 Å². The molecule has 0 unspecified atom stereocenters. The van der Waals surface area contributed by atoms with Crippen LogP contribution in [0, 0.1) is 0 Å². The molecule has 24 heavy (non-hydrogen) atoms. The van der Waals surface area contributed by atoms with Gasteiger partial charge >= 0.3 is 0 Å². The third-order valence-corrected chi connectivity index (χ3v) is 4.64. The molecular weight excluding hydrogens is 318 g/mol. The average molecular weight is 348 g/mol. The Balaban J connectivity index is 2.25. The zero-order chi connectivity index (χ0) is 18.1. The zero-order valence-corrected chi connectivity index (χ0v) is 16.5. The molecule has 0 aliphatic rings. The van der Waals surface area contributed by atoms with E-state index in [-0.39, 0.29) is 10.8 Å². The topological polar surface area (TPSA) is 36.0 Å². The molecule has 0 amide bonds. The first-order chi connectivity index (χ1) is 11.0. The largest absolute Gasteiger partial charge is 0.507 e. The Morgan fingerprint density at radius 2 is 1.38 bits per heavy atom.